The molecule has 0 atom stereocenters. The molecule has 150 valence electrons. The van der Waals surface area contributed by atoms with Crippen molar-refractivity contribution in [1.29, 1.82) is 0 Å². The summed E-state index contributed by atoms with van der Waals surface area (Å²) in [4.78, 5) is 0. The lowest BCUT2D eigenvalue weighted by molar-refractivity contribution is 0.0877. The average Bonchev–Trinajstić information content (AvgIpc) is 2.69. The van der Waals surface area contributed by atoms with Crippen molar-refractivity contribution in [3.05, 3.63) is 24.3 Å². The molecule has 0 aromatic rings. The number of rotatable bonds is 11. The first-order valence-corrected chi connectivity index (χ1v) is 11.2. The maximum Gasteiger partial charge on any atom is 0.0647 e. The first kappa shape index (κ1) is 21.7. The van der Waals surface area contributed by atoms with Crippen LogP contribution in [0.2, 0.25) is 0 Å². The van der Waals surface area contributed by atoms with E-state index in [0.29, 0.717) is 0 Å². The maximum atomic E-state index is 5.75. The topological polar surface area (TPSA) is 18.5 Å². The van der Waals surface area contributed by atoms with Gasteiger partial charge >= 0.3 is 0 Å². The highest BCUT2D eigenvalue weighted by atomic mass is 16.5. The smallest absolute Gasteiger partial charge is 0.0647 e. The molecule has 0 N–H and O–H groups in total. The predicted molar refractivity (Wildman–Crippen MR) is 111 cm³/mol. The Bertz CT molecular complexity index is 347. The molecule has 0 amide bonds. The second-order valence-electron chi connectivity index (χ2n) is 8.56. The first-order valence-electron chi connectivity index (χ1n) is 11.2. The average molecular weight is 363 g/mol. The number of allylic oxidation sites excluding steroid dienone is 2. The van der Waals surface area contributed by atoms with E-state index >= 15 is 0 Å². The summed E-state index contributed by atoms with van der Waals surface area (Å²) in [6.45, 7) is 7.63. The Morgan fingerprint density at radius 2 is 0.923 bits per heavy atom. The molecule has 0 aromatic carbocycles. The molecule has 2 fully saturated rings. The number of ether oxygens (including phenoxy) is 2. The zero-order valence-corrected chi connectivity index (χ0v) is 17.3. The van der Waals surface area contributed by atoms with Gasteiger partial charge in [-0.25, -0.2) is 0 Å². The highest BCUT2D eigenvalue weighted by molar-refractivity contribution is 4.79. The fourth-order valence-corrected chi connectivity index (χ4v) is 4.64. The molecule has 0 radical (unpaired) electrons. The molecular weight excluding hydrogens is 320 g/mol. The van der Waals surface area contributed by atoms with Crippen LogP contribution in [0.1, 0.15) is 78.1 Å². The van der Waals surface area contributed by atoms with Gasteiger partial charge in [0.25, 0.3) is 0 Å². The molecule has 2 aliphatic rings. The first-order chi connectivity index (χ1) is 12.8. The van der Waals surface area contributed by atoms with Gasteiger partial charge in [0.2, 0.25) is 0 Å². The Balaban J connectivity index is 1.49. The van der Waals surface area contributed by atoms with Gasteiger partial charge in [-0.1, -0.05) is 62.8 Å². The van der Waals surface area contributed by atoms with Crippen molar-refractivity contribution in [3.8, 4) is 0 Å². The van der Waals surface area contributed by atoms with E-state index in [1.165, 1.54) is 64.2 Å². The fraction of sp³-hybridized carbons (Fsp3) is 0.833. The molecule has 0 aliphatic heterocycles. The van der Waals surface area contributed by atoms with Gasteiger partial charge in [0, 0.05) is 13.2 Å². The lowest BCUT2D eigenvalue weighted by Crippen LogP contribution is -2.21. The number of hydrogen-bond donors (Lipinski definition) is 0. The van der Waals surface area contributed by atoms with E-state index in [0.717, 1.165) is 50.1 Å². The Morgan fingerprint density at radius 1 is 0.577 bits per heavy atom. The van der Waals surface area contributed by atoms with Crippen LogP contribution >= 0.6 is 0 Å². The molecule has 2 aliphatic carbocycles. The van der Waals surface area contributed by atoms with Gasteiger partial charge in [-0.15, -0.1) is 0 Å². The van der Waals surface area contributed by atoms with Crippen molar-refractivity contribution in [1.82, 2.24) is 0 Å². The maximum absolute atomic E-state index is 5.75. The predicted octanol–water partition coefficient (Wildman–Crippen LogP) is 6.56. The molecule has 26 heavy (non-hydrogen) atoms. The van der Waals surface area contributed by atoms with Gasteiger partial charge < -0.3 is 9.47 Å². The summed E-state index contributed by atoms with van der Waals surface area (Å²) in [6, 6.07) is 0. The summed E-state index contributed by atoms with van der Waals surface area (Å²) in [7, 11) is 0. The van der Waals surface area contributed by atoms with Crippen molar-refractivity contribution >= 4 is 0 Å². The second-order valence-corrected chi connectivity index (χ2v) is 8.56. The summed E-state index contributed by atoms with van der Waals surface area (Å²) < 4.78 is 11.5. The van der Waals surface area contributed by atoms with Crippen LogP contribution in [0.15, 0.2) is 24.3 Å². The molecular formula is C24H42O2. The number of hydrogen-bond acceptors (Lipinski definition) is 2. The highest BCUT2D eigenvalue weighted by Gasteiger charge is 2.24. The minimum atomic E-state index is 0.791. The van der Waals surface area contributed by atoms with Gasteiger partial charge in [-0.2, -0.15) is 0 Å². The molecule has 2 heteroatoms. The standard InChI is InChI=1S/C24H42O2/c1-3-5-17-25-19-23-13-9-21(10-14-23)7-8-22-11-15-24(16-12-22)20-26-18-6-4-2/h3-6,21-24H,7-20H2,1-2H3/b5-3-,6-4+. The van der Waals surface area contributed by atoms with Crippen molar-refractivity contribution < 1.29 is 9.47 Å². The van der Waals surface area contributed by atoms with E-state index in [9.17, 15) is 0 Å². The quantitative estimate of drug-likeness (QED) is 0.306. The molecule has 0 heterocycles. The summed E-state index contributed by atoms with van der Waals surface area (Å²) in [5.41, 5.74) is 0. The highest BCUT2D eigenvalue weighted by Crippen LogP contribution is 2.36. The normalized spacial score (nSPS) is 30.4. The zero-order chi connectivity index (χ0) is 18.5. The van der Waals surface area contributed by atoms with Gasteiger partial charge in [0.15, 0.2) is 0 Å². The molecule has 2 saturated carbocycles. The van der Waals surface area contributed by atoms with Gasteiger partial charge in [0.1, 0.15) is 0 Å². The summed E-state index contributed by atoms with van der Waals surface area (Å²) in [5.74, 6) is 3.61. The van der Waals surface area contributed by atoms with E-state index in [1.54, 1.807) is 0 Å². The van der Waals surface area contributed by atoms with Crippen LogP contribution in [-0.2, 0) is 9.47 Å². The monoisotopic (exact) mass is 362 g/mol. The Labute approximate surface area is 162 Å². The van der Waals surface area contributed by atoms with E-state index in [1.807, 2.05) is 0 Å². The van der Waals surface area contributed by atoms with Crippen LogP contribution in [0.5, 0.6) is 0 Å². The van der Waals surface area contributed by atoms with Crippen LogP contribution in [0.25, 0.3) is 0 Å². The zero-order valence-electron chi connectivity index (χ0n) is 17.3. The molecule has 0 spiro atoms. The molecule has 0 saturated heterocycles. The lowest BCUT2D eigenvalue weighted by atomic mass is 9.76. The molecule has 0 unspecified atom stereocenters. The minimum absolute atomic E-state index is 0.791. The van der Waals surface area contributed by atoms with Crippen molar-refractivity contribution in [3.63, 3.8) is 0 Å². The SMILES string of the molecule is C/C=C\COCC1CCC(CCC2CCC(COC/C=C/C)CC2)CC1. The third-order valence-corrected chi connectivity index (χ3v) is 6.52. The molecule has 0 aromatic heterocycles. The Kier molecular flexibility index (Phi) is 11.3. The summed E-state index contributed by atoms with van der Waals surface area (Å²) in [5, 5.41) is 0. The molecule has 2 nitrogen and oxygen atoms in total. The summed E-state index contributed by atoms with van der Waals surface area (Å²) in [6.07, 6.45) is 22.6. The van der Waals surface area contributed by atoms with E-state index < -0.39 is 0 Å². The van der Waals surface area contributed by atoms with Crippen molar-refractivity contribution in [2.75, 3.05) is 26.4 Å². The van der Waals surface area contributed by atoms with Crippen LogP contribution in [-0.4, -0.2) is 26.4 Å². The van der Waals surface area contributed by atoms with Gasteiger partial charge in [0.05, 0.1) is 13.2 Å². The van der Waals surface area contributed by atoms with E-state index in [4.69, 9.17) is 9.47 Å². The van der Waals surface area contributed by atoms with Crippen molar-refractivity contribution in [2.24, 2.45) is 23.7 Å². The molecule has 0 bridgehead atoms. The third-order valence-electron chi connectivity index (χ3n) is 6.52. The second kappa shape index (κ2) is 13.6. The van der Waals surface area contributed by atoms with Gasteiger partial charge in [-0.05, 0) is 63.2 Å². The Hall–Kier alpha value is -0.600. The van der Waals surface area contributed by atoms with E-state index in [2.05, 4.69) is 38.2 Å². The van der Waals surface area contributed by atoms with Crippen LogP contribution < -0.4 is 0 Å². The molecule has 2 rings (SSSR count). The van der Waals surface area contributed by atoms with Crippen LogP contribution in [0.3, 0.4) is 0 Å². The van der Waals surface area contributed by atoms with Crippen molar-refractivity contribution in [2.45, 2.75) is 78.1 Å². The van der Waals surface area contributed by atoms with Gasteiger partial charge in [-0.3, -0.25) is 0 Å². The lowest BCUT2D eigenvalue weighted by Gasteiger charge is -2.31. The van der Waals surface area contributed by atoms with E-state index in [-0.39, 0.29) is 0 Å². The van der Waals surface area contributed by atoms with Crippen LogP contribution in [0, 0.1) is 23.7 Å². The third kappa shape index (κ3) is 8.86. The largest absolute Gasteiger partial charge is 0.377 e. The fourth-order valence-electron chi connectivity index (χ4n) is 4.64. The summed E-state index contributed by atoms with van der Waals surface area (Å²) >= 11 is 0. The minimum Gasteiger partial charge on any atom is -0.377 e. The van der Waals surface area contributed by atoms with Crippen LogP contribution in [0.4, 0.5) is 0 Å². The Morgan fingerprint density at radius 3 is 1.27 bits per heavy atom.